The molecule has 0 fully saturated rings. The smallest absolute Gasteiger partial charge is 0.191 e. The minimum absolute atomic E-state index is 0.403. The van der Waals surface area contributed by atoms with Crippen molar-refractivity contribution >= 4 is 29.2 Å². The van der Waals surface area contributed by atoms with Crippen LogP contribution >= 0.6 is 12.2 Å². The number of methoxy groups -OCH3 is 2. The summed E-state index contributed by atoms with van der Waals surface area (Å²) in [4.78, 5) is 0. The molecule has 0 aliphatic carbocycles. The molecule has 5 nitrogen and oxygen atoms in total. The van der Waals surface area contributed by atoms with E-state index in [-0.39, 0.29) is 0 Å². The third-order valence-electron chi connectivity index (χ3n) is 3.10. The van der Waals surface area contributed by atoms with Gasteiger partial charge < -0.3 is 14.8 Å². The number of nitrogens with one attached hydrogen (secondary N) is 2. The maximum atomic E-state index is 5.31. The molecule has 6 heteroatoms. The van der Waals surface area contributed by atoms with Crippen molar-refractivity contribution in [2.75, 3.05) is 19.5 Å². The van der Waals surface area contributed by atoms with Crippen LogP contribution in [-0.2, 0) is 0 Å². The summed E-state index contributed by atoms with van der Waals surface area (Å²) in [5, 5.41) is 7.61. The van der Waals surface area contributed by atoms with Gasteiger partial charge in [0.1, 0.15) is 11.5 Å². The molecule has 0 bridgehead atoms. The standard InChI is InChI=1S/C17H19N3O2S/c1-12-6-4-7-13(10-12)19-17(23)20-18-11-14-15(21-2)8-5-9-16(14)22-3/h4-11H,1-3H3,(H2,19,20,23)/b18-11+. The van der Waals surface area contributed by atoms with Gasteiger partial charge in [-0.3, -0.25) is 5.43 Å². The second-order valence-corrected chi connectivity index (χ2v) is 5.18. The molecule has 2 aromatic rings. The van der Waals surface area contributed by atoms with Gasteiger partial charge in [0.05, 0.1) is 26.0 Å². The Labute approximate surface area is 141 Å². The average molecular weight is 329 g/mol. The first kappa shape index (κ1) is 16.8. The monoisotopic (exact) mass is 329 g/mol. The summed E-state index contributed by atoms with van der Waals surface area (Å²) in [5.74, 6) is 1.35. The van der Waals surface area contributed by atoms with Gasteiger partial charge in [-0.15, -0.1) is 0 Å². The molecule has 0 saturated carbocycles. The molecule has 2 N–H and O–H groups in total. The molecule has 2 rings (SSSR count). The van der Waals surface area contributed by atoms with Gasteiger partial charge in [-0.2, -0.15) is 5.10 Å². The molecule has 0 unspecified atom stereocenters. The zero-order chi connectivity index (χ0) is 16.7. The Bertz CT molecular complexity index is 694. The summed E-state index contributed by atoms with van der Waals surface area (Å²) in [6.45, 7) is 2.02. The third-order valence-corrected chi connectivity index (χ3v) is 3.29. The number of aryl methyl sites for hydroxylation is 1. The maximum Gasteiger partial charge on any atom is 0.191 e. The van der Waals surface area contributed by atoms with Gasteiger partial charge in [0, 0.05) is 5.69 Å². The lowest BCUT2D eigenvalue weighted by atomic mass is 10.2. The molecule has 0 aliphatic heterocycles. The highest BCUT2D eigenvalue weighted by molar-refractivity contribution is 7.80. The topological polar surface area (TPSA) is 54.9 Å². The largest absolute Gasteiger partial charge is 0.496 e. The van der Waals surface area contributed by atoms with E-state index < -0.39 is 0 Å². The molecule has 0 spiro atoms. The predicted octanol–water partition coefficient (Wildman–Crippen LogP) is 3.33. The van der Waals surface area contributed by atoms with Crippen LogP contribution in [0.15, 0.2) is 47.6 Å². The van der Waals surface area contributed by atoms with Gasteiger partial charge in [-0.1, -0.05) is 18.2 Å². The average Bonchev–Trinajstić information content (AvgIpc) is 2.54. The fraction of sp³-hybridized carbons (Fsp3) is 0.176. The van der Waals surface area contributed by atoms with Crippen molar-refractivity contribution in [3.8, 4) is 11.5 Å². The van der Waals surface area contributed by atoms with Gasteiger partial charge in [0.2, 0.25) is 0 Å². The van der Waals surface area contributed by atoms with Crippen LogP contribution in [0.2, 0.25) is 0 Å². The Morgan fingerprint density at radius 1 is 1.09 bits per heavy atom. The summed E-state index contributed by atoms with van der Waals surface area (Å²) >= 11 is 5.22. The Balaban J connectivity index is 2.03. The molecule has 0 radical (unpaired) electrons. The highest BCUT2D eigenvalue weighted by atomic mass is 32.1. The minimum atomic E-state index is 0.403. The Kier molecular flexibility index (Phi) is 5.94. The van der Waals surface area contributed by atoms with E-state index in [0.717, 1.165) is 16.8 Å². The molecule has 0 aliphatic rings. The molecule has 120 valence electrons. The second kappa shape index (κ2) is 8.14. The number of rotatable bonds is 5. The number of nitrogens with zero attached hydrogens (tertiary/aromatic N) is 1. The number of hydrazone groups is 1. The van der Waals surface area contributed by atoms with Crippen molar-refractivity contribution in [3.63, 3.8) is 0 Å². The van der Waals surface area contributed by atoms with Crippen LogP contribution in [-0.4, -0.2) is 25.5 Å². The van der Waals surface area contributed by atoms with Gasteiger partial charge >= 0.3 is 0 Å². The second-order valence-electron chi connectivity index (χ2n) is 4.77. The first-order chi connectivity index (χ1) is 11.1. The van der Waals surface area contributed by atoms with Crippen molar-refractivity contribution in [2.24, 2.45) is 5.10 Å². The number of thiocarbonyl (C=S) groups is 1. The van der Waals surface area contributed by atoms with E-state index in [2.05, 4.69) is 15.8 Å². The first-order valence-electron chi connectivity index (χ1n) is 7.01. The van der Waals surface area contributed by atoms with Crippen LogP contribution < -0.4 is 20.2 Å². The van der Waals surface area contributed by atoms with E-state index in [4.69, 9.17) is 21.7 Å². The van der Waals surface area contributed by atoms with Crippen molar-refractivity contribution in [2.45, 2.75) is 6.92 Å². The summed E-state index contributed by atoms with van der Waals surface area (Å²) in [6, 6.07) is 13.5. The van der Waals surface area contributed by atoms with Crippen LogP contribution in [0, 0.1) is 6.92 Å². The number of ether oxygens (including phenoxy) is 2. The maximum absolute atomic E-state index is 5.31. The lowest BCUT2D eigenvalue weighted by Gasteiger charge is -2.10. The lowest BCUT2D eigenvalue weighted by Crippen LogP contribution is -2.23. The number of hydrogen-bond acceptors (Lipinski definition) is 4. The SMILES string of the molecule is COc1cccc(OC)c1/C=N/NC(=S)Nc1cccc(C)c1. The predicted molar refractivity (Wildman–Crippen MR) is 97.7 cm³/mol. The molecule has 2 aromatic carbocycles. The van der Waals surface area contributed by atoms with Gasteiger partial charge in [-0.25, -0.2) is 0 Å². The van der Waals surface area contributed by atoms with Crippen molar-refractivity contribution in [1.82, 2.24) is 5.43 Å². The highest BCUT2D eigenvalue weighted by Crippen LogP contribution is 2.26. The minimum Gasteiger partial charge on any atom is -0.496 e. The summed E-state index contributed by atoms with van der Waals surface area (Å²) in [5.41, 5.74) is 5.58. The normalized spacial score (nSPS) is 10.4. The van der Waals surface area contributed by atoms with Crippen molar-refractivity contribution in [1.29, 1.82) is 0 Å². The summed E-state index contributed by atoms with van der Waals surface area (Å²) in [7, 11) is 3.20. The molecule has 0 saturated heterocycles. The fourth-order valence-electron chi connectivity index (χ4n) is 2.04. The molecule has 0 heterocycles. The third kappa shape index (κ3) is 4.69. The van der Waals surface area contributed by atoms with E-state index in [1.165, 1.54) is 0 Å². The molecular formula is C17H19N3O2S. The van der Waals surface area contributed by atoms with Crippen LogP contribution in [0.4, 0.5) is 5.69 Å². The Morgan fingerprint density at radius 3 is 2.35 bits per heavy atom. The molecule has 0 atom stereocenters. The number of benzene rings is 2. The van der Waals surface area contributed by atoms with E-state index in [9.17, 15) is 0 Å². The number of anilines is 1. The quantitative estimate of drug-likeness (QED) is 0.501. The van der Waals surface area contributed by atoms with Gasteiger partial charge in [0.25, 0.3) is 0 Å². The van der Waals surface area contributed by atoms with E-state index in [0.29, 0.717) is 16.6 Å². The Hall–Kier alpha value is -2.60. The lowest BCUT2D eigenvalue weighted by molar-refractivity contribution is 0.393. The van der Waals surface area contributed by atoms with Crippen molar-refractivity contribution in [3.05, 3.63) is 53.6 Å². The van der Waals surface area contributed by atoms with Gasteiger partial charge in [0.15, 0.2) is 5.11 Å². The highest BCUT2D eigenvalue weighted by Gasteiger charge is 2.07. The Morgan fingerprint density at radius 2 is 1.74 bits per heavy atom. The zero-order valence-corrected chi connectivity index (χ0v) is 14.1. The number of hydrogen-bond donors (Lipinski definition) is 2. The molecule has 23 heavy (non-hydrogen) atoms. The van der Waals surface area contributed by atoms with Crippen LogP contribution in [0.1, 0.15) is 11.1 Å². The van der Waals surface area contributed by atoms with Crippen molar-refractivity contribution < 1.29 is 9.47 Å². The summed E-state index contributed by atoms with van der Waals surface area (Å²) < 4.78 is 10.6. The van der Waals surface area contributed by atoms with Crippen LogP contribution in [0.5, 0.6) is 11.5 Å². The van der Waals surface area contributed by atoms with E-state index in [1.807, 2.05) is 49.4 Å². The summed E-state index contributed by atoms with van der Waals surface area (Å²) in [6.07, 6.45) is 1.61. The van der Waals surface area contributed by atoms with E-state index >= 15 is 0 Å². The zero-order valence-electron chi connectivity index (χ0n) is 13.3. The molecule has 0 aromatic heterocycles. The van der Waals surface area contributed by atoms with Crippen LogP contribution in [0.25, 0.3) is 0 Å². The molecular weight excluding hydrogens is 310 g/mol. The fourth-order valence-corrected chi connectivity index (χ4v) is 2.21. The van der Waals surface area contributed by atoms with E-state index in [1.54, 1.807) is 20.4 Å². The van der Waals surface area contributed by atoms with Crippen LogP contribution in [0.3, 0.4) is 0 Å². The molecule has 0 amide bonds. The van der Waals surface area contributed by atoms with Gasteiger partial charge in [-0.05, 0) is 49.0 Å². The first-order valence-corrected chi connectivity index (χ1v) is 7.42.